The summed E-state index contributed by atoms with van der Waals surface area (Å²) in [7, 11) is 0. The number of urea groups is 1. The largest absolute Gasteiger partial charge is 0.489 e. The summed E-state index contributed by atoms with van der Waals surface area (Å²) in [6, 6.07) is 17.4. The van der Waals surface area contributed by atoms with Crippen LogP contribution in [0.3, 0.4) is 0 Å². The number of benzene rings is 2. The van der Waals surface area contributed by atoms with Crippen LogP contribution in [0.4, 0.5) is 4.79 Å². The second-order valence-corrected chi connectivity index (χ2v) is 8.16. The standard InChI is InChI=1S/C23H24N2O3/c26-21-23(18-9-10-18,19-11-12-19)24-22(27)25(21)14-17-7-4-8-20(13-17)28-15-16-5-2-1-3-6-16/h1-8,13,18-19H,9-12,14-15H2,(H,24,27). The van der Waals surface area contributed by atoms with Crippen molar-refractivity contribution >= 4 is 11.9 Å². The summed E-state index contributed by atoms with van der Waals surface area (Å²) in [5.74, 6) is 1.35. The molecule has 1 N–H and O–H groups in total. The van der Waals surface area contributed by atoms with Gasteiger partial charge in [0, 0.05) is 0 Å². The number of carbonyl (C=O) groups is 2. The summed E-state index contributed by atoms with van der Waals surface area (Å²) in [5.41, 5.74) is 1.37. The van der Waals surface area contributed by atoms with Crippen molar-refractivity contribution in [3.8, 4) is 5.75 Å². The molecule has 1 aliphatic heterocycles. The Hall–Kier alpha value is -2.82. The Labute approximate surface area is 164 Å². The predicted molar refractivity (Wildman–Crippen MR) is 104 cm³/mol. The Kier molecular flexibility index (Phi) is 4.11. The zero-order chi connectivity index (χ0) is 19.1. The van der Waals surface area contributed by atoms with Gasteiger partial charge in [-0.15, -0.1) is 0 Å². The van der Waals surface area contributed by atoms with E-state index in [0.29, 0.717) is 18.4 Å². The molecule has 5 nitrogen and oxygen atoms in total. The maximum absolute atomic E-state index is 13.2. The van der Waals surface area contributed by atoms with Crippen molar-refractivity contribution < 1.29 is 14.3 Å². The van der Waals surface area contributed by atoms with E-state index in [0.717, 1.165) is 42.6 Å². The molecular formula is C23H24N2O3. The van der Waals surface area contributed by atoms with E-state index in [1.54, 1.807) is 0 Å². The van der Waals surface area contributed by atoms with Gasteiger partial charge in [-0.2, -0.15) is 0 Å². The number of carbonyl (C=O) groups excluding carboxylic acids is 2. The Morgan fingerprint density at radius 1 is 0.929 bits per heavy atom. The van der Waals surface area contributed by atoms with Crippen molar-refractivity contribution in [3.05, 3.63) is 65.7 Å². The lowest BCUT2D eigenvalue weighted by atomic mass is 9.87. The molecule has 0 unspecified atom stereocenters. The number of imide groups is 1. The molecule has 2 saturated carbocycles. The van der Waals surface area contributed by atoms with Crippen LogP contribution in [0.15, 0.2) is 54.6 Å². The van der Waals surface area contributed by atoms with E-state index >= 15 is 0 Å². The zero-order valence-corrected chi connectivity index (χ0v) is 15.8. The maximum Gasteiger partial charge on any atom is 0.325 e. The fourth-order valence-corrected chi connectivity index (χ4v) is 4.38. The average molecular weight is 376 g/mol. The first kappa shape index (κ1) is 17.3. The van der Waals surface area contributed by atoms with Gasteiger partial charge < -0.3 is 10.1 Å². The quantitative estimate of drug-likeness (QED) is 0.746. The molecule has 2 aromatic carbocycles. The lowest BCUT2D eigenvalue weighted by molar-refractivity contribution is -0.133. The second kappa shape index (κ2) is 6.66. The molecule has 1 heterocycles. The van der Waals surface area contributed by atoms with Crippen LogP contribution in [0, 0.1) is 11.8 Å². The highest BCUT2D eigenvalue weighted by molar-refractivity contribution is 6.07. The van der Waals surface area contributed by atoms with Crippen LogP contribution in [0.5, 0.6) is 5.75 Å². The lowest BCUT2D eigenvalue weighted by Crippen LogP contribution is -2.51. The van der Waals surface area contributed by atoms with Gasteiger partial charge in [0.25, 0.3) is 5.91 Å². The normalized spacial score (nSPS) is 20.9. The maximum atomic E-state index is 13.2. The Morgan fingerprint density at radius 2 is 1.61 bits per heavy atom. The molecule has 3 fully saturated rings. The zero-order valence-electron chi connectivity index (χ0n) is 15.8. The van der Waals surface area contributed by atoms with Gasteiger partial charge in [0.1, 0.15) is 17.9 Å². The number of nitrogens with zero attached hydrogens (tertiary/aromatic N) is 1. The van der Waals surface area contributed by atoms with E-state index in [2.05, 4.69) is 5.32 Å². The van der Waals surface area contributed by atoms with Crippen molar-refractivity contribution in [2.24, 2.45) is 11.8 Å². The number of hydrogen-bond donors (Lipinski definition) is 1. The highest BCUT2D eigenvalue weighted by atomic mass is 16.5. The van der Waals surface area contributed by atoms with E-state index in [4.69, 9.17) is 4.74 Å². The van der Waals surface area contributed by atoms with Crippen molar-refractivity contribution in [1.82, 2.24) is 10.2 Å². The third-order valence-corrected chi connectivity index (χ3v) is 6.09. The number of rotatable bonds is 7. The topological polar surface area (TPSA) is 58.6 Å². The van der Waals surface area contributed by atoms with E-state index in [9.17, 15) is 9.59 Å². The second-order valence-electron chi connectivity index (χ2n) is 8.16. The number of ether oxygens (including phenoxy) is 1. The van der Waals surface area contributed by atoms with Crippen LogP contribution in [0.25, 0.3) is 0 Å². The predicted octanol–water partition coefficient (Wildman–Crippen LogP) is 3.88. The van der Waals surface area contributed by atoms with Gasteiger partial charge in [-0.3, -0.25) is 9.69 Å². The van der Waals surface area contributed by atoms with Crippen molar-refractivity contribution in [2.75, 3.05) is 0 Å². The average Bonchev–Trinajstić information content (AvgIpc) is 3.62. The van der Waals surface area contributed by atoms with E-state index in [1.807, 2.05) is 54.6 Å². The highest BCUT2D eigenvalue weighted by Crippen LogP contribution is 2.54. The third kappa shape index (κ3) is 3.05. The molecule has 28 heavy (non-hydrogen) atoms. The smallest absolute Gasteiger partial charge is 0.325 e. The minimum atomic E-state index is -0.626. The molecule has 0 aromatic heterocycles. The molecule has 3 aliphatic rings. The van der Waals surface area contributed by atoms with Gasteiger partial charge in [0.05, 0.1) is 6.54 Å². The molecule has 5 heteroatoms. The Morgan fingerprint density at radius 3 is 2.29 bits per heavy atom. The molecule has 1 saturated heterocycles. The summed E-state index contributed by atoms with van der Waals surface area (Å²) >= 11 is 0. The van der Waals surface area contributed by atoms with Crippen molar-refractivity contribution in [3.63, 3.8) is 0 Å². The van der Waals surface area contributed by atoms with Crippen LogP contribution >= 0.6 is 0 Å². The van der Waals surface area contributed by atoms with Crippen LogP contribution in [0.1, 0.15) is 36.8 Å². The van der Waals surface area contributed by atoms with Crippen LogP contribution in [-0.2, 0) is 17.9 Å². The van der Waals surface area contributed by atoms with Gasteiger partial charge in [0.15, 0.2) is 0 Å². The van der Waals surface area contributed by atoms with Crippen molar-refractivity contribution in [2.45, 2.75) is 44.4 Å². The first-order valence-electron chi connectivity index (χ1n) is 10.1. The minimum Gasteiger partial charge on any atom is -0.489 e. The summed E-state index contributed by atoms with van der Waals surface area (Å²) in [5, 5.41) is 3.08. The molecule has 0 bridgehead atoms. The van der Waals surface area contributed by atoms with Gasteiger partial charge in [-0.1, -0.05) is 42.5 Å². The Bertz CT molecular complexity index is 891. The number of amides is 3. The lowest BCUT2D eigenvalue weighted by Gasteiger charge is -2.26. The fourth-order valence-electron chi connectivity index (χ4n) is 4.38. The fraction of sp³-hybridized carbons (Fsp3) is 0.391. The molecular weight excluding hydrogens is 352 g/mol. The summed E-state index contributed by atoms with van der Waals surface area (Å²) in [6.07, 6.45) is 4.16. The molecule has 2 aliphatic carbocycles. The van der Waals surface area contributed by atoms with Crippen LogP contribution in [-0.4, -0.2) is 22.4 Å². The summed E-state index contributed by atoms with van der Waals surface area (Å²) in [4.78, 5) is 27.2. The molecule has 0 spiro atoms. The summed E-state index contributed by atoms with van der Waals surface area (Å²) < 4.78 is 5.88. The van der Waals surface area contributed by atoms with E-state index in [-0.39, 0.29) is 18.5 Å². The van der Waals surface area contributed by atoms with Gasteiger partial charge in [-0.05, 0) is 60.8 Å². The van der Waals surface area contributed by atoms with Crippen LogP contribution in [0.2, 0.25) is 0 Å². The number of hydrogen-bond acceptors (Lipinski definition) is 3. The van der Waals surface area contributed by atoms with Crippen LogP contribution < -0.4 is 10.1 Å². The van der Waals surface area contributed by atoms with Crippen molar-refractivity contribution in [1.29, 1.82) is 0 Å². The SMILES string of the molecule is O=C1NC(C2CC2)(C2CC2)C(=O)N1Cc1cccc(OCc2ccccc2)c1. The van der Waals surface area contributed by atoms with Gasteiger partial charge in [-0.25, -0.2) is 4.79 Å². The van der Waals surface area contributed by atoms with Gasteiger partial charge >= 0.3 is 6.03 Å². The first-order valence-corrected chi connectivity index (χ1v) is 10.1. The first-order chi connectivity index (χ1) is 13.7. The molecule has 3 amide bonds. The molecule has 0 atom stereocenters. The number of nitrogens with one attached hydrogen (secondary N) is 1. The van der Waals surface area contributed by atoms with E-state index in [1.165, 1.54) is 4.90 Å². The molecule has 2 aromatic rings. The third-order valence-electron chi connectivity index (χ3n) is 6.09. The monoisotopic (exact) mass is 376 g/mol. The Balaban J connectivity index is 1.29. The highest BCUT2D eigenvalue weighted by Gasteiger charge is 2.65. The molecule has 144 valence electrons. The van der Waals surface area contributed by atoms with E-state index < -0.39 is 5.54 Å². The molecule has 0 radical (unpaired) electrons. The molecule has 5 rings (SSSR count). The summed E-state index contributed by atoms with van der Waals surface area (Å²) in [6.45, 7) is 0.772. The van der Waals surface area contributed by atoms with Gasteiger partial charge in [0.2, 0.25) is 0 Å². The minimum absolute atomic E-state index is 0.0295.